The summed E-state index contributed by atoms with van der Waals surface area (Å²) in [6.45, 7) is 2.29. The van der Waals surface area contributed by atoms with E-state index in [1.807, 2.05) is 6.92 Å². The lowest BCUT2D eigenvalue weighted by molar-refractivity contribution is -0.151. The van der Waals surface area contributed by atoms with E-state index < -0.39 is 47.2 Å². The number of hydrogen-bond acceptors (Lipinski definition) is 7. The lowest BCUT2D eigenvalue weighted by Gasteiger charge is -2.31. The van der Waals surface area contributed by atoms with E-state index in [1.165, 1.54) is 24.1 Å². The minimum Gasteiger partial charge on any atom is -0.504 e. The Morgan fingerprint density at radius 2 is 2.00 bits per heavy atom. The first-order valence-electron chi connectivity index (χ1n) is 10.9. The van der Waals surface area contributed by atoms with Crippen molar-refractivity contribution in [3.63, 3.8) is 0 Å². The van der Waals surface area contributed by atoms with E-state index in [0.29, 0.717) is 12.0 Å². The first-order chi connectivity index (χ1) is 15.7. The number of likely N-dealkylation sites (tertiary alicyclic amines) is 1. The summed E-state index contributed by atoms with van der Waals surface area (Å²) < 4.78 is 5.17. The third-order valence-electron chi connectivity index (χ3n) is 6.47. The fourth-order valence-corrected chi connectivity index (χ4v) is 4.89. The maximum absolute atomic E-state index is 13.4. The SMILES string of the molecule is CCCCN1C(=O)C2C(c3ccc(O)c(OC)c3)NC(CCCNC(N)=O)(C(=O)O)C2C1=O. The van der Waals surface area contributed by atoms with E-state index in [9.17, 15) is 29.4 Å². The molecular formula is C22H30N4O7. The number of ether oxygens (including phenoxy) is 1. The van der Waals surface area contributed by atoms with E-state index in [0.717, 1.165) is 6.42 Å². The van der Waals surface area contributed by atoms with Crippen LogP contribution in [-0.4, -0.2) is 64.7 Å². The van der Waals surface area contributed by atoms with Crippen LogP contribution in [0.3, 0.4) is 0 Å². The average molecular weight is 463 g/mol. The molecule has 6 N–H and O–H groups in total. The van der Waals surface area contributed by atoms with Gasteiger partial charge in [-0.25, -0.2) is 4.79 Å². The van der Waals surface area contributed by atoms with Gasteiger partial charge in [-0.2, -0.15) is 0 Å². The molecular weight excluding hydrogens is 432 g/mol. The smallest absolute Gasteiger partial charge is 0.324 e. The Balaban J connectivity index is 2.03. The van der Waals surface area contributed by atoms with Crippen molar-refractivity contribution in [1.29, 1.82) is 0 Å². The Kier molecular flexibility index (Phi) is 7.11. The van der Waals surface area contributed by atoms with Crippen LogP contribution in [0, 0.1) is 11.8 Å². The summed E-state index contributed by atoms with van der Waals surface area (Å²) in [6, 6.07) is 2.99. The highest BCUT2D eigenvalue weighted by molar-refractivity contribution is 6.09. The normalized spacial score (nSPS) is 26.4. The number of hydrogen-bond donors (Lipinski definition) is 5. The fourth-order valence-electron chi connectivity index (χ4n) is 4.89. The van der Waals surface area contributed by atoms with Gasteiger partial charge in [-0.1, -0.05) is 19.4 Å². The number of fused-ring (bicyclic) bond motifs is 1. The topological polar surface area (TPSA) is 171 Å². The lowest BCUT2D eigenvalue weighted by Crippen LogP contribution is -2.56. The monoisotopic (exact) mass is 462 g/mol. The molecule has 0 aliphatic carbocycles. The Labute approximate surface area is 191 Å². The number of imide groups is 1. The van der Waals surface area contributed by atoms with Gasteiger partial charge in [-0.15, -0.1) is 0 Å². The minimum atomic E-state index is -1.71. The molecule has 2 saturated heterocycles. The number of nitrogens with zero attached hydrogens (tertiary/aromatic N) is 1. The molecule has 2 fully saturated rings. The molecule has 4 unspecified atom stereocenters. The lowest BCUT2D eigenvalue weighted by atomic mass is 9.77. The molecule has 0 saturated carbocycles. The molecule has 4 amide bonds. The molecule has 2 aliphatic rings. The first-order valence-corrected chi connectivity index (χ1v) is 10.9. The van der Waals surface area contributed by atoms with Gasteiger partial charge in [0.1, 0.15) is 5.54 Å². The quantitative estimate of drug-likeness (QED) is 0.250. The van der Waals surface area contributed by atoms with E-state index in [2.05, 4.69) is 10.6 Å². The Morgan fingerprint density at radius 3 is 2.61 bits per heavy atom. The highest BCUT2D eigenvalue weighted by Crippen LogP contribution is 2.51. The Morgan fingerprint density at radius 1 is 1.27 bits per heavy atom. The van der Waals surface area contributed by atoms with Crippen LogP contribution in [0.2, 0.25) is 0 Å². The molecule has 2 heterocycles. The van der Waals surface area contributed by atoms with Crippen LogP contribution in [0.25, 0.3) is 0 Å². The number of aliphatic carboxylic acids is 1. The number of carboxylic acids is 1. The summed E-state index contributed by atoms with van der Waals surface area (Å²) in [5, 5.41) is 25.7. The number of primary amides is 1. The van der Waals surface area contributed by atoms with Crippen LogP contribution in [0.1, 0.15) is 44.2 Å². The maximum Gasteiger partial charge on any atom is 0.324 e. The first kappa shape index (κ1) is 24.3. The average Bonchev–Trinajstić information content (AvgIpc) is 3.25. The number of carboxylic acid groups (broad SMARTS) is 1. The van der Waals surface area contributed by atoms with Gasteiger partial charge in [0.25, 0.3) is 0 Å². The van der Waals surface area contributed by atoms with Crippen molar-refractivity contribution in [2.45, 2.75) is 44.2 Å². The summed E-state index contributed by atoms with van der Waals surface area (Å²) in [5.74, 6) is -4.14. The van der Waals surface area contributed by atoms with Crippen LogP contribution in [0.5, 0.6) is 11.5 Å². The highest BCUT2D eigenvalue weighted by atomic mass is 16.5. The molecule has 11 heteroatoms. The van der Waals surface area contributed by atoms with Gasteiger partial charge in [0.2, 0.25) is 11.8 Å². The van der Waals surface area contributed by atoms with Crippen molar-refractivity contribution in [3.05, 3.63) is 23.8 Å². The third kappa shape index (κ3) is 4.32. The summed E-state index contributed by atoms with van der Waals surface area (Å²) in [4.78, 5) is 51.5. The van der Waals surface area contributed by atoms with Gasteiger partial charge >= 0.3 is 12.0 Å². The molecule has 0 bridgehead atoms. The van der Waals surface area contributed by atoms with E-state index in [-0.39, 0.29) is 37.4 Å². The molecule has 4 atom stereocenters. The van der Waals surface area contributed by atoms with Crippen molar-refractivity contribution in [2.75, 3.05) is 20.2 Å². The van der Waals surface area contributed by atoms with Gasteiger partial charge in [-0.05, 0) is 37.0 Å². The van der Waals surface area contributed by atoms with Crippen molar-refractivity contribution in [1.82, 2.24) is 15.5 Å². The van der Waals surface area contributed by atoms with Gasteiger partial charge in [0, 0.05) is 19.1 Å². The van der Waals surface area contributed by atoms with E-state index in [1.54, 1.807) is 6.07 Å². The van der Waals surface area contributed by atoms with Gasteiger partial charge < -0.3 is 26.0 Å². The second kappa shape index (κ2) is 9.65. The number of phenols is 1. The summed E-state index contributed by atoms with van der Waals surface area (Å²) in [7, 11) is 1.38. The Hall–Kier alpha value is -3.34. The standard InChI is InChI=1S/C22H30N4O7/c1-3-4-10-26-18(28)15-16(19(26)29)22(20(30)31,8-5-9-24-21(23)32)25-17(15)12-6-7-13(27)14(11-12)33-2/h6-7,11,15-17,25,27H,3-5,8-10H2,1-2H3,(H,30,31)(H3,23,24,32). The van der Waals surface area contributed by atoms with Crippen LogP contribution in [0.4, 0.5) is 4.79 Å². The molecule has 11 nitrogen and oxygen atoms in total. The van der Waals surface area contributed by atoms with Gasteiger partial charge in [0.05, 0.1) is 18.9 Å². The number of carbonyl (C=O) groups is 4. The number of nitrogens with two attached hydrogens (primary N) is 1. The maximum atomic E-state index is 13.4. The van der Waals surface area contributed by atoms with Crippen LogP contribution >= 0.6 is 0 Å². The largest absolute Gasteiger partial charge is 0.504 e. The molecule has 2 aliphatic heterocycles. The van der Waals surface area contributed by atoms with Crippen molar-refractivity contribution < 1.29 is 34.1 Å². The molecule has 1 aromatic carbocycles. The molecule has 180 valence electrons. The number of benzene rings is 1. The molecule has 0 radical (unpaired) electrons. The van der Waals surface area contributed by atoms with Crippen LogP contribution in [0.15, 0.2) is 18.2 Å². The number of aromatic hydroxyl groups is 1. The molecule has 1 aromatic rings. The van der Waals surface area contributed by atoms with E-state index in [4.69, 9.17) is 10.5 Å². The molecule has 0 aromatic heterocycles. The summed E-state index contributed by atoms with van der Waals surface area (Å²) >= 11 is 0. The second-order valence-electron chi connectivity index (χ2n) is 8.41. The van der Waals surface area contributed by atoms with Crippen molar-refractivity contribution in [3.8, 4) is 11.5 Å². The third-order valence-corrected chi connectivity index (χ3v) is 6.47. The Bertz CT molecular complexity index is 953. The number of urea groups is 1. The number of amides is 4. The number of unbranched alkanes of at least 4 members (excludes halogenated alkanes) is 1. The zero-order valence-corrected chi connectivity index (χ0v) is 18.7. The highest BCUT2D eigenvalue weighted by Gasteiger charge is 2.68. The number of methoxy groups -OCH3 is 1. The summed E-state index contributed by atoms with van der Waals surface area (Å²) in [5.41, 5.74) is 3.90. The van der Waals surface area contributed by atoms with Crippen molar-refractivity contribution >= 4 is 23.8 Å². The van der Waals surface area contributed by atoms with Crippen LogP contribution < -0.4 is 21.1 Å². The number of carbonyl (C=O) groups excluding carboxylic acids is 3. The predicted octanol–water partition coefficient (Wildman–Crippen LogP) is 0.718. The molecule has 3 rings (SSSR count). The van der Waals surface area contributed by atoms with Crippen LogP contribution in [-0.2, 0) is 14.4 Å². The minimum absolute atomic E-state index is 0.00383. The predicted molar refractivity (Wildman–Crippen MR) is 116 cm³/mol. The second-order valence-corrected chi connectivity index (χ2v) is 8.41. The van der Waals surface area contributed by atoms with E-state index >= 15 is 0 Å². The zero-order chi connectivity index (χ0) is 24.3. The zero-order valence-electron chi connectivity index (χ0n) is 18.7. The summed E-state index contributed by atoms with van der Waals surface area (Å²) in [6.07, 6.45) is 1.61. The van der Waals surface area contributed by atoms with Gasteiger partial charge in [0.15, 0.2) is 11.5 Å². The van der Waals surface area contributed by atoms with Crippen molar-refractivity contribution in [2.24, 2.45) is 17.6 Å². The number of nitrogens with one attached hydrogen (secondary N) is 2. The molecule has 0 spiro atoms. The van der Waals surface area contributed by atoms with Gasteiger partial charge in [-0.3, -0.25) is 24.6 Å². The molecule has 33 heavy (non-hydrogen) atoms. The number of rotatable bonds is 10. The number of phenolic OH excluding ortho intramolecular Hbond substituents is 1. The fraction of sp³-hybridized carbons (Fsp3) is 0.545.